The van der Waals surface area contributed by atoms with Gasteiger partial charge in [-0.05, 0) is 5.92 Å². The van der Waals surface area contributed by atoms with Crippen LogP contribution in [-0.4, -0.2) is 54.9 Å². The maximum absolute atomic E-state index is 11.4. The van der Waals surface area contributed by atoms with Gasteiger partial charge in [-0.25, -0.2) is 0 Å². The van der Waals surface area contributed by atoms with Crippen LogP contribution < -0.4 is 5.73 Å². The van der Waals surface area contributed by atoms with E-state index in [4.69, 9.17) is 5.73 Å². The summed E-state index contributed by atoms with van der Waals surface area (Å²) in [4.78, 5) is 19.2. The van der Waals surface area contributed by atoms with Crippen molar-refractivity contribution < 1.29 is 4.79 Å². The Labute approximate surface area is 90.9 Å². The molecule has 0 radical (unpaired) electrons. The van der Waals surface area contributed by atoms with Crippen LogP contribution in [0.4, 0.5) is 0 Å². The fourth-order valence-electron chi connectivity index (χ4n) is 1.33. The molecule has 0 aromatic rings. The molecule has 1 fully saturated rings. The van der Waals surface area contributed by atoms with E-state index in [-0.39, 0.29) is 5.91 Å². The Kier molecular flexibility index (Phi) is 3.94. The van der Waals surface area contributed by atoms with E-state index in [1.807, 2.05) is 4.90 Å². The minimum Gasteiger partial charge on any atom is -0.370 e. The van der Waals surface area contributed by atoms with Crippen LogP contribution in [0.3, 0.4) is 0 Å². The van der Waals surface area contributed by atoms with Gasteiger partial charge in [-0.15, -0.1) is 0 Å². The van der Waals surface area contributed by atoms with Crippen molar-refractivity contribution in [2.75, 3.05) is 33.2 Å². The summed E-state index contributed by atoms with van der Waals surface area (Å²) < 4.78 is 0. The summed E-state index contributed by atoms with van der Waals surface area (Å²) in [6.07, 6.45) is 0. The lowest BCUT2D eigenvalue weighted by molar-refractivity contribution is -0.132. The van der Waals surface area contributed by atoms with E-state index in [0.29, 0.717) is 25.0 Å². The highest BCUT2D eigenvalue weighted by Gasteiger charge is 2.21. The van der Waals surface area contributed by atoms with Crippen LogP contribution in [0.2, 0.25) is 0 Å². The summed E-state index contributed by atoms with van der Waals surface area (Å²) in [6.45, 7) is 6.74. The Morgan fingerprint density at radius 1 is 1.53 bits per heavy atom. The zero-order valence-electron chi connectivity index (χ0n) is 9.73. The van der Waals surface area contributed by atoms with E-state index in [9.17, 15) is 4.79 Å². The molecule has 15 heavy (non-hydrogen) atoms. The van der Waals surface area contributed by atoms with Crippen LogP contribution in [-0.2, 0) is 4.79 Å². The first-order valence-electron chi connectivity index (χ1n) is 5.29. The monoisotopic (exact) mass is 212 g/mol. The molecule has 1 saturated heterocycles. The van der Waals surface area contributed by atoms with Gasteiger partial charge in [0.2, 0.25) is 5.91 Å². The number of nitrogens with zero attached hydrogens (tertiary/aromatic N) is 3. The molecule has 0 unspecified atom stereocenters. The van der Waals surface area contributed by atoms with Crippen LogP contribution in [0.25, 0.3) is 0 Å². The maximum Gasteiger partial charge on any atom is 0.242 e. The molecule has 5 heteroatoms. The Bertz CT molecular complexity index is 262. The van der Waals surface area contributed by atoms with Crippen molar-refractivity contribution >= 4 is 11.9 Å². The van der Waals surface area contributed by atoms with Crippen LogP contribution in [0.15, 0.2) is 4.99 Å². The number of guanidine groups is 1. The molecular formula is C10H20N4O. The fourth-order valence-corrected chi connectivity index (χ4v) is 1.33. The zero-order valence-corrected chi connectivity index (χ0v) is 9.73. The van der Waals surface area contributed by atoms with Gasteiger partial charge in [-0.1, -0.05) is 13.8 Å². The first-order valence-corrected chi connectivity index (χ1v) is 5.29. The van der Waals surface area contributed by atoms with Crippen LogP contribution in [0.1, 0.15) is 13.8 Å². The average Bonchev–Trinajstić information content (AvgIpc) is 2.18. The number of hydrogen-bond donors (Lipinski definition) is 1. The molecule has 0 saturated carbocycles. The average molecular weight is 212 g/mol. The number of hydrogen-bond acceptors (Lipinski definition) is 2. The quantitative estimate of drug-likeness (QED) is 0.506. The third kappa shape index (κ3) is 3.42. The van der Waals surface area contributed by atoms with Gasteiger partial charge in [0.05, 0.1) is 6.54 Å². The molecule has 1 aliphatic rings. The molecule has 0 spiro atoms. The van der Waals surface area contributed by atoms with Gasteiger partial charge in [0.25, 0.3) is 0 Å². The predicted octanol–water partition coefficient (Wildman–Crippen LogP) is -0.269. The van der Waals surface area contributed by atoms with Gasteiger partial charge >= 0.3 is 0 Å². The van der Waals surface area contributed by atoms with Gasteiger partial charge in [0, 0.05) is 26.7 Å². The smallest absolute Gasteiger partial charge is 0.242 e. The van der Waals surface area contributed by atoms with Crippen molar-refractivity contribution in [3.63, 3.8) is 0 Å². The summed E-state index contributed by atoms with van der Waals surface area (Å²) in [7, 11) is 1.81. The number of amides is 1. The molecule has 1 heterocycles. The van der Waals surface area contributed by atoms with Crippen molar-refractivity contribution in [1.82, 2.24) is 9.80 Å². The van der Waals surface area contributed by atoms with Crippen molar-refractivity contribution in [2.45, 2.75) is 13.8 Å². The molecule has 0 aromatic carbocycles. The van der Waals surface area contributed by atoms with Gasteiger partial charge in [-0.2, -0.15) is 0 Å². The zero-order chi connectivity index (χ0) is 11.4. The van der Waals surface area contributed by atoms with E-state index < -0.39 is 0 Å². The maximum atomic E-state index is 11.4. The van der Waals surface area contributed by atoms with Crippen molar-refractivity contribution in [3.05, 3.63) is 0 Å². The molecule has 2 N–H and O–H groups in total. The largest absolute Gasteiger partial charge is 0.370 e. The standard InChI is InChI=1S/C10H20N4O/c1-8(2)6-12-10(11)14-5-4-13(3)9(15)7-14/h8H,4-7H2,1-3H3,(H2,11,12). The van der Waals surface area contributed by atoms with E-state index >= 15 is 0 Å². The normalized spacial score (nSPS) is 18.9. The Balaban J connectivity index is 2.50. The van der Waals surface area contributed by atoms with E-state index in [2.05, 4.69) is 18.8 Å². The van der Waals surface area contributed by atoms with Gasteiger partial charge in [-0.3, -0.25) is 9.79 Å². The molecule has 5 nitrogen and oxygen atoms in total. The number of aliphatic imine (C=N–C) groups is 1. The number of nitrogens with two attached hydrogens (primary N) is 1. The second kappa shape index (κ2) is 5.00. The van der Waals surface area contributed by atoms with E-state index in [0.717, 1.165) is 13.1 Å². The van der Waals surface area contributed by atoms with Crippen molar-refractivity contribution in [2.24, 2.45) is 16.6 Å². The van der Waals surface area contributed by atoms with Crippen molar-refractivity contribution in [1.29, 1.82) is 0 Å². The topological polar surface area (TPSA) is 61.9 Å². The Morgan fingerprint density at radius 3 is 2.73 bits per heavy atom. The minimum absolute atomic E-state index is 0.101. The first kappa shape index (κ1) is 11.8. The van der Waals surface area contributed by atoms with Gasteiger partial charge in [0.1, 0.15) is 0 Å². The summed E-state index contributed by atoms with van der Waals surface area (Å²) >= 11 is 0. The van der Waals surface area contributed by atoms with Crippen LogP contribution >= 0.6 is 0 Å². The lowest BCUT2D eigenvalue weighted by atomic mass is 10.2. The van der Waals surface area contributed by atoms with Crippen LogP contribution in [0, 0.1) is 5.92 Å². The van der Waals surface area contributed by atoms with Gasteiger partial charge in [0.15, 0.2) is 5.96 Å². The number of likely N-dealkylation sites (N-methyl/N-ethyl adjacent to an activating group) is 1. The van der Waals surface area contributed by atoms with E-state index in [1.54, 1.807) is 11.9 Å². The van der Waals surface area contributed by atoms with Gasteiger partial charge < -0.3 is 15.5 Å². The van der Waals surface area contributed by atoms with Crippen LogP contribution in [0.5, 0.6) is 0 Å². The van der Waals surface area contributed by atoms with Crippen molar-refractivity contribution in [3.8, 4) is 0 Å². The SMILES string of the molecule is CC(C)CN=C(N)N1CCN(C)C(=O)C1. The molecule has 1 rings (SSSR count). The molecule has 86 valence electrons. The molecule has 0 bridgehead atoms. The molecule has 0 aromatic heterocycles. The first-order chi connectivity index (χ1) is 7.00. The molecule has 1 aliphatic heterocycles. The molecule has 1 amide bonds. The second-order valence-electron chi connectivity index (χ2n) is 4.33. The lowest BCUT2D eigenvalue weighted by Crippen LogP contribution is -2.52. The number of carbonyl (C=O) groups is 1. The summed E-state index contributed by atoms with van der Waals surface area (Å²) in [5.74, 6) is 1.08. The Hall–Kier alpha value is -1.26. The molecular weight excluding hydrogens is 192 g/mol. The summed E-state index contributed by atoms with van der Waals surface area (Å²) in [5.41, 5.74) is 5.81. The lowest BCUT2D eigenvalue weighted by Gasteiger charge is -2.32. The molecule has 0 aliphatic carbocycles. The third-order valence-corrected chi connectivity index (χ3v) is 2.40. The number of piperazine rings is 1. The van der Waals surface area contributed by atoms with E-state index in [1.165, 1.54) is 0 Å². The fraction of sp³-hybridized carbons (Fsp3) is 0.800. The highest BCUT2D eigenvalue weighted by Crippen LogP contribution is 2.01. The number of rotatable bonds is 2. The molecule has 0 atom stereocenters. The summed E-state index contributed by atoms with van der Waals surface area (Å²) in [5, 5.41) is 0. The second-order valence-corrected chi connectivity index (χ2v) is 4.33. The highest BCUT2D eigenvalue weighted by molar-refractivity contribution is 5.86. The third-order valence-electron chi connectivity index (χ3n) is 2.40. The Morgan fingerprint density at radius 2 is 2.20 bits per heavy atom. The number of carbonyl (C=O) groups excluding carboxylic acids is 1. The summed E-state index contributed by atoms with van der Waals surface area (Å²) in [6, 6.07) is 0. The predicted molar refractivity (Wildman–Crippen MR) is 60.5 cm³/mol. The highest BCUT2D eigenvalue weighted by atomic mass is 16.2. The minimum atomic E-state index is 0.101.